The van der Waals surface area contributed by atoms with Gasteiger partial charge in [0.1, 0.15) is 0 Å². The first-order valence-electron chi connectivity index (χ1n) is 6.38. The summed E-state index contributed by atoms with van der Waals surface area (Å²) >= 11 is 2.09. The summed E-state index contributed by atoms with van der Waals surface area (Å²) < 4.78 is 0. The second-order valence-corrected chi connectivity index (χ2v) is 5.89. The van der Waals surface area contributed by atoms with E-state index in [1.165, 1.54) is 32.1 Å². The quantitative estimate of drug-likeness (QED) is 0.311. The molecule has 1 fully saturated rings. The normalized spacial score (nSPS) is 19.2. The van der Waals surface area contributed by atoms with Gasteiger partial charge in [-0.2, -0.15) is 11.8 Å². The van der Waals surface area contributed by atoms with Gasteiger partial charge in [0.05, 0.1) is 0 Å². The predicted octanol–water partition coefficient (Wildman–Crippen LogP) is 2.69. The molecule has 0 heterocycles. The molecule has 1 unspecified atom stereocenters. The smallest absolute Gasteiger partial charge is 0.0301 e. The number of nitrogens with two attached hydrogens (primary N) is 1. The number of terminal acetylenes is 1. The maximum atomic E-state index is 5.56. The molecule has 0 spiro atoms. The fourth-order valence-corrected chi connectivity index (χ4v) is 3.58. The van der Waals surface area contributed by atoms with Gasteiger partial charge in [0.2, 0.25) is 0 Å². The Morgan fingerprint density at radius 3 is 2.75 bits per heavy atom. The van der Waals surface area contributed by atoms with Crippen molar-refractivity contribution in [2.24, 2.45) is 5.84 Å². The SMILES string of the molecule is C#CCCCC(CSC1CCCCC1)NN. The van der Waals surface area contributed by atoms with Gasteiger partial charge >= 0.3 is 0 Å². The first kappa shape index (κ1) is 13.9. The molecule has 3 heteroatoms. The Morgan fingerprint density at radius 2 is 2.12 bits per heavy atom. The van der Waals surface area contributed by atoms with Crippen LogP contribution in [0.1, 0.15) is 51.4 Å². The van der Waals surface area contributed by atoms with Gasteiger partial charge < -0.3 is 0 Å². The van der Waals surface area contributed by atoms with Gasteiger partial charge in [-0.25, -0.2) is 0 Å². The predicted molar refractivity (Wildman–Crippen MR) is 73.1 cm³/mol. The van der Waals surface area contributed by atoms with Crippen molar-refractivity contribution < 1.29 is 0 Å². The summed E-state index contributed by atoms with van der Waals surface area (Å²) in [5, 5.41) is 0.872. The van der Waals surface area contributed by atoms with Crippen LogP contribution in [0, 0.1) is 12.3 Å². The van der Waals surface area contributed by atoms with Gasteiger partial charge in [-0.05, 0) is 25.7 Å². The highest BCUT2D eigenvalue weighted by molar-refractivity contribution is 7.99. The minimum Gasteiger partial charge on any atom is -0.271 e. The van der Waals surface area contributed by atoms with E-state index < -0.39 is 0 Å². The monoisotopic (exact) mass is 240 g/mol. The van der Waals surface area contributed by atoms with Crippen molar-refractivity contribution in [1.29, 1.82) is 0 Å². The topological polar surface area (TPSA) is 38.0 Å². The lowest BCUT2D eigenvalue weighted by molar-refractivity contribution is 0.506. The van der Waals surface area contributed by atoms with Gasteiger partial charge in [-0.3, -0.25) is 11.3 Å². The van der Waals surface area contributed by atoms with Crippen LogP contribution in [0.5, 0.6) is 0 Å². The molecule has 0 bridgehead atoms. The third-order valence-electron chi connectivity index (χ3n) is 3.19. The number of hydrogen-bond acceptors (Lipinski definition) is 3. The first-order chi connectivity index (χ1) is 7.86. The van der Waals surface area contributed by atoms with E-state index in [9.17, 15) is 0 Å². The zero-order valence-corrected chi connectivity index (χ0v) is 10.9. The number of rotatable bonds is 7. The first-order valence-corrected chi connectivity index (χ1v) is 7.43. The van der Waals surface area contributed by atoms with Crippen LogP contribution in [-0.4, -0.2) is 17.0 Å². The van der Waals surface area contributed by atoms with Crippen molar-refractivity contribution in [1.82, 2.24) is 5.43 Å². The van der Waals surface area contributed by atoms with E-state index in [0.29, 0.717) is 6.04 Å². The lowest BCUT2D eigenvalue weighted by atomic mass is 10.0. The number of hydrazine groups is 1. The van der Waals surface area contributed by atoms with E-state index in [-0.39, 0.29) is 0 Å². The number of unbranched alkanes of at least 4 members (excludes halogenated alkanes) is 1. The van der Waals surface area contributed by atoms with Gasteiger partial charge in [-0.15, -0.1) is 12.3 Å². The molecule has 1 aliphatic carbocycles. The van der Waals surface area contributed by atoms with Crippen LogP contribution in [-0.2, 0) is 0 Å². The standard InChI is InChI=1S/C13H24N2S/c1-2-3-5-8-12(15-14)11-16-13-9-6-4-7-10-13/h1,12-13,15H,3-11,14H2. The molecule has 0 radical (unpaired) electrons. The van der Waals surface area contributed by atoms with Crippen molar-refractivity contribution >= 4 is 11.8 Å². The Bertz CT molecular complexity index is 206. The Kier molecular flexibility index (Phi) is 7.75. The summed E-state index contributed by atoms with van der Waals surface area (Å²) in [6, 6.07) is 0.431. The summed E-state index contributed by atoms with van der Waals surface area (Å²) in [4.78, 5) is 0. The molecule has 3 N–H and O–H groups in total. The molecular formula is C13H24N2S. The molecule has 0 amide bonds. The van der Waals surface area contributed by atoms with E-state index in [1.54, 1.807) is 0 Å². The van der Waals surface area contributed by atoms with Crippen molar-refractivity contribution in [3.05, 3.63) is 0 Å². The van der Waals surface area contributed by atoms with Crippen molar-refractivity contribution in [3.63, 3.8) is 0 Å². The van der Waals surface area contributed by atoms with E-state index in [1.807, 2.05) is 0 Å². The minimum absolute atomic E-state index is 0.431. The molecule has 16 heavy (non-hydrogen) atoms. The molecule has 0 aromatic carbocycles. The van der Waals surface area contributed by atoms with Gasteiger partial charge in [-0.1, -0.05) is 19.3 Å². The molecule has 1 saturated carbocycles. The molecule has 1 rings (SSSR count). The number of thioether (sulfide) groups is 1. The molecule has 1 atom stereocenters. The summed E-state index contributed by atoms with van der Waals surface area (Å²) in [6.45, 7) is 0. The summed E-state index contributed by atoms with van der Waals surface area (Å²) in [5.74, 6) is 9.36. The van der Waals surface area contributed by atoms with Gasteiger partial charge in [0.25, 0.3) is 0 Å². The maximum Gasteiger partial charge on any atom is 0.0301 e. The zero-order chi connectivity index (χ0) is 11.6. The second kappa shape index (κ2) is 8.92. The van der Waals surface area contributed by atoms with Crippen LogP contribution in [0.2, 0.25) is 0 Å². The number of nitrogens with one attached hydrogen (secondary N) is 1. The van der Waals surface area contributed by atoms with Gasteiger partial charge in [0, 0.05) is 23.5 Å². The van der Waals surface area contributed by atoms with E-state index >= 15 is 0 Å². The molecule has 0 saturated heterocycles. The Morgan fingerprint density at radius 1 is 1.38 bits per heavy atom. The Balaban J connectivity index is 2.09. The van der Waals surface area contributed by atoms with Crippen molar-refractivity contribution in [2.45, 2.75) is 62.7 Å². The molecule has 2 nitrogen and oxygen atoms in total. The molecule has 0 aromatic rings. The Labute approximate surface area is 104 Å². The summed E-state index contributed by atoms with van der Waals surface area (Å²) in [5.41, 5.74) is 2.91. The summed E-state index contributed by atoms with van der Waals surface area (Å²) in [6.07, 6.45) is 15.3. The average molecular weight is 240 g/mol. The highest BCUT2D eigenvalue weighted by atomic mass is 32.2. The molecular weight excluding hydrogens is 216 g/mol. The largest absolute Gasteiger partial charge is 0.271 e. The van der Waals surface area contributed by atoms with Gasteiger partial charge in [0.15, 0.2) is 0 Å². The van der Waals surface area contributed by atoms with Crippen LogP contribution in [0.25, 0.3) is 0 Å². The van der Waals surface area contributed by atoms with Crippen LogP contribution < -0.4 is 11.3 Å². The van der Waals surface area contributed by atoms with Crippen LogP contribution in [0.15, 0.2) is 0 Å². The third kappa shape index (κ3) is 5.79. The van der Waals surface area contributed by atoms with Crippen molar-refractivity contribution in [2.75, 3.05) is 5.75 Å². The lowest BCUT2D eigenvalue weighted by Gasteiger charge is -2.23. The third-order valence-corrected chi connectivity index (χ3v) is 4.73. The fourth-order valence-electron chi connectivity index (χ4n) is 2.15. The molecule has 1 aliphatic rings. The number of hydrogen-bond donors (Lipinski definition) is 2. The second-order valence-electron chi connectivity index (χ2n) is 4.55. The minimum atomic E-state index is 0.431. The average Bonchev–Trinajstić information content (AvgIpc) is 2.35. The van der Waals surface area contributed by atoms with E-state index in [0.717, 1.165) is 30.3 Å². The maximum absolute atomic E-state index is 5.56. The van der Waals surface area contributed by atoms with Crippen LogP contribution in [0.4, 0.5) is 0 Å². The Hall–Kier alpha value is -0.170. The van der Waals surface area contributed by atoms with Crippen LogP contribution >= 0.6 is 11.8 Å². The van der Waals surface area contributed by atoms with Crippen LogP contribution in [0.3, 0.4) is 0 Å². The summed E-state index contributed by atoms with van der Waals surface area (Å²) in [7, 11) is 0. The molecule has 0 aromatic heterocycles. The van der Waals surface area contributed by atoms with Crippen molar-refractivity contribution in [3.8, 4) is 12.3 Å². The molecule has 92 valence electrons. The molecule has 0 aliphatic heterocycles. The highest BCUT2D eigenvalue weighted by Gasteiger charge is 2.15. The van der Waals surface area contributed by atoms with E-state index in [2.05, 4.69) is 23.1 Å². The fraction of sp³-hybridized carbons (Fsp3) is 0.846. The zero-order valence-electron chi connectivity index (χ0n) is 10.1. The van der Waals surface area contributed by atoms with E-state index in [4.69, 9.17) is 12.3 Å². The highest BCUT2D eigenvalue weighted by Crippen LogP contribution is 2.28. The lowest BCUT2D eigenvalue weighted by Crippen LogP contribution is -2.37.